The second-order valence-corrected chi connectivity index (χ2v) is 3.46. The van der Waals surface area contributed by atoms with Crippen LogP contribution in [-0.4, -0.2) is 19.8 Å². The lowest BCUT2D eigenvalue weighted by Crippen LogP contribution is -2.25. The Morgan fingerprint density at radius 3 is 2.67 bits per heavy atom. The fraction of sp³-hybridized carbons (Fsp3) is 0.667. The van der Waals surface area contributed by atoms with Crippen molar-refractivity contribution in [3.05, 3.63) is 0 Å². The maximum atomic E-state index is 5.44. The molecule has 0 aromatic rings. The normalized spacial score (nSPS) is 9.27. The van der Waals surface area contributed by atoms with Gasteiger partial charge in [0.25, 0.3) is 0 Å². The fourth-order valence-electron chi connectivity index (χ4n) is 0.907. The summed E-state index contributed by atoms with van der Waals surface area (Å²) in [7, 11) is -0.488. The monoisotopic (exact) mass is 206 g/mol. The van der Waals surface area contributed by atoms with E-state index < -0.39 is 7.12 Å². The van der Waals surface area contributed by atoms with E-state index in [-0.39, 0.29) is 12.7 Å². The molecule has 0 aromatic heterocycles. The van der Waals surface area contributed by atoms with Gasteiger partial charge < -0.3 is 9.31 Å². The first-order chi connectivity index (χ1) is 7.20. The minimum Gasteiger partial charge on any atom is -0.398 e. The van der Waals surface area contributed by atoms with Gasteiger partial charge in [0, 0.05) is 12.5 Å². The van der Waals surface area contributed by atoms with Crippen LogP contribution >= 0.6 is 0 Å². The molecule has 0 bridgehead atoms. The van der Waals surface area contributed by atoms with Crippen molar-refractivity contribution in [2.24, 2.45) is 0 Å². The molecular weight excluding hydrogens is 187 g/mol. The van der Waals surface area contributed by atoms with Crippen molar-refractivity contribution in [2.45, 2.75) is 46.1 Å². The Hall–Kier alpha value is -0.895. The molecule has 0 aliphatic heterocycles. The van der Waals surface area contributed by atoms with Gasteiger partial charge in [0.1, 0.15) is 0 Å². The molecule has 0 unspecified atom stereocenters. The first-order valence-electron chi connectivity index (χ1n) is 5.39. The highest BCUT2D eigenvalue weighted by Crippen LogP contribution is 1.96. The Labute approximate surface area is 93.9 Å². The van der Waals surface area contributed by atoms with Crippen molar-refractivity contribution in [1.82, 2.24) is 0 Å². The Bertz CT molecular complexity index is 245. The molecule has 0 rings (SSSR count). The minimum absolute atomic E-state index is 0.0910. The molecule has 0 radical (unpaired) electrons. The quantitative estimate of drug-likeness (QED) is 0.377. The first kappa shape index (κ1) is 14.1. The van der Waals surface area contributed by atoms with E-state index in [1.165, 1.54) is 0 Å². The molecule has 0 heterocycles. The number of rotatable bonds is 6. The summed E-state index contributed by atoms with van der Waals surface area (Å²) in [6, 6.07) is 0. The Morgan fingerprint density at radius 2 is 2.13 bits per heavy atom. The molecule has 3 heteroatoms. The zero-order valence-electron chi connectivity index (χ0n) is 9.88. The highest BCUT2D eigenvalue weighted by Gasteiger charge is 2.16. The van der Waals surface area contributed by atoms with E-state index in [1.807, 2.05) is 13.8 Å². The molecule has 0 saturated heterocycles. The van der Waals surface area contributed by atoms with Crippen molar-refractivity contribution in [1.29, 1.82) is 0 Å². The molecule has 0 atom stereocenters. The van der Waals surface area contributed by atoms with Crippen molar-refractivity contribution in [2.75, 3.05) is 6.61 Å². The van der Waals surface area contributed by atoms with Crippen molar-refractivity contribution >= 4 is 7.12 Å². The lowest BCUT2D eigenvalue weighted by Gasteiger charge is -2.10. The topological polar surface area (TPSA) is 18.5 Å². The maximum Gasteiger partial charge on any atom is 0.550 e. The lowest BCUT2D eigenvalue weighted by molar-refractivity contribution is 0.180. The number of terminal acetylenes is 1. The van der Waals surface area contributed by atoms with Gasteiger partial charge in [0.05, 0.1) is 6.61 Å². The van der Waals surface area contributed by atoms with E-state index in [0.29, 0.717) is 0 Å². The smallest absolute Gasteiger partial charge is 0.398 e. The van der Waals surface area contributed by atoms with Crippen LogP contribution in [0.15, 0.2) is 0 Å². The van der Waals surface area contributed by atoms with Crippen LogP contribution in [0.25, 0.3) is 0 Å². The third-order valence-corrected chi connectivity index (χ3v) is 1.59. The van der Waals surface area contributed by atoms with E-state index in [2.05, 4.69) is 24.6 Å². The summed E-state index contributed by atoms with van der Waals surface area (Å²) in [6.45, 7) is 6.26. The Kier molecular flexibility index (Phi) is 9.08. The Balaban J connectivity index is 3.97. The van der Waals surface area contributed by atoms with Crippen molar-refractivity contribution in [3.8, 4) is 24.1 Å². The van der Waals surface area contributed by atoms with Gasteiger partial charge in [0.15, 0.2) is 0 Å². The maximum absolute atomic E-state index is 5.44. The van der Waals surface area contributed by atoms with Crippen LogP contribution in [0.4, 0.5) is 0 Å². The van der Waals surface area contributed by atoms with E-state index in [9.17, 15) is 0 Å². The summed E-state index contributed by atoms with van der Waals surface area (Å²) in [5.74, 6) is 8.37. The summed E-state index contributed by atoms with van der Waals surface area (Å²) in [6.07, 6.45) is 8.34. The third-order valence-electron chi connectivity index (χ3n) is 1.59. The Morgan fingerprint density at radius 1 is 1.40 bits per heavy atom. The van der Waals surface area contributed by atoms with Gasteiger partial charge in [-0.05, 0) is 20.3 Å². The third kappa shape index (κ3) is 9.41. The van der Waals surface area contributed by atoms with Crippen LogP contribution in [0.5, 0.6) is 0 Å². The minimum atomic E-state index is -0.488. The zero-order valence-corrected chi connectivity index (χ0v) is 9.88. The van der Waals surface area contributed by atoms with Gasteiger partial charge in [-0.3, -0.25) is 0 Å². The molecular formula is C12H19BO2. The number of hydrogen-bond donors (Lipinski definition) is 0. The standard InChI is InChI=1S/C12H19BO2/c1-5-7-8-9-10-13(14-11-6-2)15-12(3)4/h2,12H,5,7-8,11H2,1,3-4H3. The molecule has 0 saturated carbocycles. The summed E-state index contributed by atoms with van der Waals surface area (Å²) in [5, 5.41) is 0. The van der Waals surface area contributed by atoms with Gasteiger partial charge in [-0.25, -0.2) is 0 Å². The molecule has 0 aliphatic rings. The molecule has 0 N–H and O–H groups in total. The van der Waals surface area contributed by atoms with Crippen LogP contribution in [0.1, 0.15) is 40.0 Å². The highest BCUT2D eigenvalue weighted by atomic mass is 16.6. The van der Waals surface area contributed by atoms with Crippen LogP contribution in [0.3, 0.4) is 0 Å². The lowest BCUT2D eigenvalue weighted by atomic mass is 9.90. The van der Waals surface area contributed by atoms with Gasteiger partial charge in [-0.1, -0.05) is 25.1 Å². The van der Waals surface area contributed by atoms with Gasteiger partial charge in [0.2, 0.25) is 0 Å². The molecule has 0 aliphatic carbocycles. The zero-order chi connectivity index (χ0) is 11.5. The SMILES string of the molecule is C#CCOB(C#CCCCC)OC(C)C. The van der Waals surface area contributed by atoms with E-state index >= 15 is 0 Å². The average molecular weight is 206 g/mol. The van der Waals surface area contributed by atoms with E-state index in [4.69, 9.17) is 15.7 Å². The number of hydrogen-bond acceptors (Lipinski definition) is 2. The van der Waals surface area contributed by atoms with Crippen molar-refractivity contribution < 1.29 is 9.31 Å². The summed E-state index contributed by atoms with van der Waals surface area (Å²) in [4.78, 5) is 0. The van der Waals surface area contributed by atoms with E-state index in [0.717, 1.165) is 19.3 Å². The molecule has 82 valence electrons. The van der Waals surface area contributed by atoms with Gasteiger partial charge in [-0.15, -0.1) is 12.3 Å². The second-order valence-electron chi connectivity index (χ2n) is 3.46. The predicted molar refractivity (Wildman–Crippen MR) is 64.1 cm³/mol. The summed E-state index contributed by atoms with van der Waals surface area (Å²) < 4.78 is 10.7. The number of unbranched alkanes of at least 4 members (excludes halogenated alkanes) is 2. The highest BCUT2D eigenvalue weighted by molar-refractivity contribution is 6.54. The fourth-order valence-corrected chi connectivity index (χ4v) is 0.907. The molecule has 0 aromatic carbocycles. The summed E-state index contributed by atoms with van der Waals surface area (Å²) in [5.41, 5.74) is 0. The van der Waals surface area contributed by atoms with Crippen LogP contribution in [0, 0.1) is 24.1 Å². The van der Waals surface area contributed by atoms with Crippen molar-refractivity contribution in [3.63, 3.8) is 0 Å². The second kappa shape index (κ2) is 9.65. The van der Waals surface area contributed by atoms with Crippen LogP contribution in [-0.2, 0) is 9.31 Å². The van der Waals surface area contributed by atoms with Crippen LogP contribution < -0.4 is 0 Å². The molecule has 0 amide bonds. The van der Waals surface area contributed by atoms with E-state index in [1.54, 1.807) is 0 Å². The average Bonchev–Trinajstić information content (AvgIpc) is 2.19. The molecule has 0 fully saturated rings. The molecule has 15 heavy (non-hydrogen) atoms. The first-order valence-corrected chi connectivity index (χ1v) is 5.39. The molecule has 0 spiro atoms. The largest absolute Gasteiger partial charge is 0.550 e. The predicted octanol–water partition coefficient (Wildman–Crippen LogP) is 2.28. The van der Waals surface area contributed by atoms with Gasteiger partial charge in [-0.2, -0.15) is 0 Å². The molecule has 2 nitrogen and oxygen atoms in total. The van der Waals surface area contributed by atoms with Gasteiger partial charge >= 0.3 is 7.12 Å². The van der Waals surface area contributed by atoms with Crippen LogP contribution in [0.2, 0.25) is 0 Å². The summed E-state index contributed by atoms with van der Waals surface area (Å²) >= 11 is 0.